The smallest absolute Gasteiger partial charge is 0.118 e. The number of hydrogen-bond donors (Lipinski definition) is 0. The fraction of sp³-hybridized carbons (Fsp3) is 0.302. The lowest BCUT2D eigenvalue weighted by molar-refractivity contribution is 0.415. The minimum atomic E-state index is -1.65. The molecule has 5 aromatic carbocycles. The van der Waals surface area contributed by atoms with Gasteiger partial charge in [0.05, 0.1) is 52.7 Å². The molecule has 0 atom stereocenters. The van der Waals surface area contributed by atoms with Gasteiger partial charge in [0.2, 0.25) is 0 Å². The molecule has 5 rings (SSSR count). The molecular weight excluding hydrogens is 685 g/mol. The molecule has 0 heterocycles. The van der Waals surface area contributed by atoms with Crippen molar-refractivity contribution in [3.05, 3.63) is 121 Å². The minimum Gasteiger partial charge on any atom is -0.497 e. The zero-order valence-electron chi connectivity index (χ0n) is 31.3. The standard InChI is InChI=1S/C43H53NO4P2Si/c1-8-31-51(32-9-2,33-10-3)43-29-11-34(12-30-43)44(49(39-21-13-35(45-4)14-22-39)40-23-15-36(46-5)16-24-40)50(41-25-17-37(47-6)18-26-41)42-27-19-38(48-7)20-28-42/h11-30H,8-10,31-33H2,1-7H3. The number of rotatable bonds is 18. The largest absolute Gasteiger partial charge is 0.497 e. The fourth-order valence-electron chi connectivity index (χ4n) is 7.14. The monoisotopic (exact) mass is 737 g/mol. The zero-order valence-corrected chi connectivity index (χ0v) is 34.1. The molecule has 0 aliphatic carbocycles. The highest BCUT2D eigenvalue weighted by Crippen LogP contribution is 2.57. The van der Waals surface area contributed by atoms with Crippen LogP contribution < -0.4 is 49.8 Å². The molecule has 51 heavy (non-hydrogen) atoms. The molecule has 5 nitrogen and oxygen atoms in total. The van der Waals surface area contributed by atoms with Crippen LogP contribution in [0.3, 0.4) is 0 Å². The number of benzene rings is 5. The van der Waals surface area contributed by atoms with Crippen molar-refractivity contribution < 1.29 is 18.9 Å². The first-order chi connectivity index (χ1) is 24.9. The van der Waals surface area contributed by atoms with Gasteiger partial charge in [0.25, 0.3) is 0 Å². The highest BCUT2D eigenvalue weighted by atomic mass is 31.2. The van der Waals surface area contributed by atoms with Crippen molar-refractivity contribution >= 4 is 56.3 Å². The summed E-state index contributed by atoms with van der Waals surface area (Å²) in [5, 5.41) is 6.54. The van der Waals surface area contributed by atoms with E-state index in [2.05, 4.69) is 147 Å². The van der Waals surface area contributed by atoms with E-state index < -0.39 is 24.2 Å². The SMILES string of the molecule is CCC[Si](CCC)(CCC)c1ccc(N(P(c2ccc(OC)cc2)c2ccc(OC)cc2)P(c2ccc(OC)cc2)c2ccc(OC)cc2)cc1. The first-order valence-electron chi connectivity index (χ1n) is 18.0. The van der Waals surface area contributed by atoms with Crippen LogP contribution in [0.4, 0.5) is 5.69 Å². The van der Waals surface area contributed by atoms with Gasteiger partial charge in [-0.25, -0.2) is 0 Å². The Labute approximate surface area is 309 Å². The molecule has 0 bridgehead atoms. The maximum atomic E-state index is 5.63. The molecule has 0 amide bonds. The number of hydrogen-bond acceptors (Lipinski definition) is 5. The van der Waals surface area contributed by atoms with Crippen molar-refractivity contribution in [3.63, 3.8) is 0 Å². The van der Waals surface area contributed by atoms with Crippen molar-refractivity contribution in [2.75, 3.05) is 32.9 Å². The van der Waals surface area contributed by atoms with Crippen molar-refractivity contribution in [1.82, 2.24) is 0 Å². The van der Waals surface area contributed by atoms with Gasteiger partial charge in [-0.1, -0.05) is 75.5 Å². The Kier molecular flexibility index (Phi) is 14.0. The van der Waals surface area contributed by atoms with E-state index in [-0.39, 0.29) is 0 Å². The normalized spacial score (nSPS) is 11.5. The van der Waals surface area contributed by atoms with E-state index in [1.165, 1.54) is 64.3 Å². The summed E-state index contributed by atoms with van der Waals surface area (Å²) in [6.45, 7) is 7.07. The molecule has 0 aliphatic rings. The van der Waals surface area contributed by atoms with Crippen LogP contribution >= 0.6 is 16.1 Å². The van der Waals surface area contributed by atoms with Crippen LogP contribution in [-0.2, 0) is 0 Å². The Morgan fingerprint density at radius 2 is 0.686 bits per heavy atom. The summed E-state index contributed by atoms with van der Waals surface area (Å²) in [7, 11) is 3.06. The van der Waals surface area contributed by atoms with Gasteiger partial charge in [-0.15, -0.1) is 0 Å². The molecule has 0 N–H and O–H groups in total. The molecule has 268 valence electrons. The Morgan fingerprint density at radius 3 is 0.922 bits per heavy atom. The lowest BCUT2D eigenvalue weighted by Crippen LogP contribution is -2.47. The Bertz CT molecular complexity index is 1560. The summed E-state index contributed by atoms with van der Waals surface area (Å²) in [5.74, 6) is 3.37. The predicted octanol–water partition coefficient (Wildman–Crippen LogP) is 9.51. The molecule has 8 heteroatoms. The summed E-state index contributed by atoms with van der Waals surface area (Å²) < 4.78 is 25.2. The van der Waals surface area contributed by atoms with Crippen LogP contribution in [-0.4, -0.2) is 36.5 Å². The van der Waals surface area contributed by atoms with Crippen molar-refractivity contribution in [1.29, 1.82) is 0 Å². The first-order valence-corrected chi connectivity index (χ1v) is 23.2. The average Bonchev–Trinajstić information content (AvgIpc) is 3.19. The molecular formula is C43H53NO4P2Si. The average molecular weight is 738 g/mol. The highest BCUT2D eigenvalue weighted by molar-refractivity contribution is 7.90. The highest BCUT2D eigenvalue weighted by Gasteiger charge is 2.35. The van der Waals surface area contributed by atoms with Crippen LogP contribution in [0.2, 0.25) is 18.1 Å². The predicted molar refractivity (Wildman–Crippen MR) is 224 cm³/mol. The quantitative estimate of drug-likeness (QED) is 0.0662. The van der Waals surface area contributed by atoms with E-state index in [1.807, 2.05) is 0 Å². The van der Waals surface area contributed by atoms with Gasteiger partial charge < -0.3 is 23.4 Å². The van der Waals surface area contributed by atoms with Crippen molar-refractivity contribution in [2.24, 2.45) is 0 Å². The van der Waals surface area contributed by atoms with E-state index >= 15 is 0 Å². The van der Waals surface area contributed by atoms with E-state index in [1.54, 1.807) is 33.6 Å². The number of ether oxygens (including phenoxy) is 4. The van der Waals surface area contributed by atoms with Gasteiger partial charge in [0.1, 0.15) is 23.0 Å². The van der Waals surface area contributed by atoms with Crippen LogP contribution in [0, 0.1) is 0 Å². The summed E-state index contributed by atoms with van der Waals surface area (Å²) in [6.07, 6.45) is 3.71. The Morgan fingerprint density at radius 1 is 0.412 bits per heavy atom. The van der Waals surface area contributed by atoms with Gasteiger partial charge in [-0.3, -0.25) is 0 Å². The third kappa shape index (κ3) is 8.98. The fourth-order valence-corrected chi connectivity index (χ4v) is 18.4. The summed E-state index contributed by atoms with van der Waals surface area (Å²) >= 11 is 0. The second kappa shape index (κ2) is 18.6. The summed E-state index contributed by atoms with van der Waals surface area (Å²) in [5.41, 5.74) is 1.21. The Hall–Kier alpha value is -3.82. The lowest BCUT2D eigenvalue weighted by Gasteiger charge is -2.41. The molecule has 0 radical (unpaired) electrons. The van der Waals surface area contributed by atoms with E-state index in [0.29, 0.717) is 0 Å². The van der Waals surface area contributed by atoms with E-state index in [0.717, 1.165) is 23.0 Å². The first kappa shape index (κ1) is 38.4. The van der Waals surface area contributed by atoms with E-state index in [4.69, 9.17) is 18.9 Å². The molecule has 0 spiro atoms. The van der Waals surface area contributed by atoms with Gasteiger partial charge in [0, 0.05) is 26.9 Å². The third-order valence-corrected chi connectivity index (χ3v) is 20.9. The number of methoxy groups -OCH3 is 4. The molecule has 0 aromatic heterocycles. The molecule has 0 aliphatic heterocycles. The number of anilines is 1. The molecule has 0 saturated carbocycles. The van der Waals surface area contributed by atoms with Gasteiger partial charge in [0.15, 0.2) is 0 Å². The third-order valence-electron chi connectivity index (χ3n) is 9.54. The van der Waals surface area contributed by atoms with Gasteiger partial charge >= 0.3 is 0 Å². The number of nitrogens with zero attached hydrogens (tertiary/aromatic N) is 1. The molecule has 0 saturated heterocycles. The van der Waals surface area contributed by atoms with Crippen molar-refractivity contribution in [3.8, 4) is 23.0 Å². The van der Waals surface area contributed by atoms with Crippen LogP contribution in [0.25, 0.3) is 0 Å². The second-order valence-corrected chi connectivity index (χ2v) is 21.8. The molecule has 5 aromatic rings. The van der Waals surface area contributed by atoms with Crippen LogP contribution in [0.15, 0.2) is 121 Å². The van der Waals surface area contributed by atoms with Gasteiger partial charge in [-0.2, -0.15) is 0 Å². The minimum absolute atomic E-state index is 0.843. The zero-order chi connectivity index (χ0) is 36.2. The van der Waals surface area contributed by atoms with E-state index in [9.17, 15) is 0 Å². The maximum Gasteiger partial charge on any atom is 0.118 e. The van der Waals surface area contributed by atoms with Crippen molar-refractivity contribution in [2.45, 2.75) is 58.2 Å². The molecule has 0 fully saturated rings. The second-order valence-electron chi connectivity index (χ2n) is 12.8. The topological polar surface area (TPSA) is 40.2 Å². The van der Waals surface area contributed by atoms with Crippen LogP contribution in [0.1, 0.15) is 40.0 Å². The lowest BCUT2D eigenvalue weighted by atomic mass is 10.3. The Balaban J connectivity index is 1.80. The molecule has 0 unspecified atom stereocenters. The maximum absolute atomic E-state index is 5.63. The van der Waals surface area contributed by atoms with Crippen LogP contribution in [0.5, 0.6) is 23.0 Å². The summed E-state index contributed by atoms with van der Waals surface area (Å²) in [6, 6.07) is 48.3. The summed E-state index contributed by atoms with van der Waals surface area (Å²) in [4.78, 5) is 0. The van der Waals surface area contributed by atoms with Gasteiger partial charge in [-0.05, 0) is 109 Å².